The van der Waals surface area contributed by atoms with Gasteiger partial charge in [0.15, 0.2) is 11.1 Å². The lowest BCUT2D eigenvalue weighted by Crippen LogP contribution is -2.60. The first-order chi connectivity index (χ1) is 23.3. The molecule has 262 valence electrons. The molecule has 1 unspecified atom stereocenters. The first-order valence-electron chi connectivity index (χ1n) is 17.3. The molecule has 0 radical (unpaired) electrons. The van der Waals surface area contributed by atoms with Gasteiger partial charge in [-0.2, -0.15) is 5.10 Å². The second-order valence-electron chi connectivity index (χ2n) is 15.3. The van der Waals surface area contributed by atoms with Gasteiger partial charge in [0.2, 0.25) is 5.91 Å². The molecule has 0 bridgehead atoms. The molecule has 1 aromatic carbocycles. The normalized spacial score (nSPS) is 23.9. The summed E-state index contributed by atoms with van der Waals surface area (Å²) < 4.78 is 18.0. The number of hydrogen-bond donors (Lipinski definition) is 1. The van der Waals surface area contributed by atoms with E-state index >= 15 is 0 Å². The maximum Gasteiger partial charge on any atom is 0.417 e. The van der Waals surface area contributed by atoms with Gasteiger partial charge >= 0.3 is 18.2 Å². The summed E-state index contributed by atoms with van der Waals surface area (Å²) in [4.78, 5) is 59.9. The molecular weight excluding hydrogens is 626 g/mol. The van der Waals surface area contributed by atoms with Crippen LogP contribution in [-0.2, 0) is 36.8 Å². The van der Waals surface area contributed by atoms with Crippen LogP contribution in [0.15, 0.2) is 48.7 Å². The molecule has 3 fully saturated rings. The highest BCUT2D eigenvalue weighted by Gasteiger charge is 2.64. The minimum absolute atomic E-state index is 0.0585. The highest BCUT2D eigenvalue weighted by atomic mass is 16.6. The number of methoxy groups -OCH3 is 1. The monoisotopic (exact) mass is 673 g/mol. The van der Waals surface area contributed by atoms with E-state index in [0.717, 1.165) is 49.0 Å². The fourth-order valence-corrected chi connectivity index (χ4v) is 7.42. The smallest absolute Gasteiger partial charge is 0.417 e. The minimum Gasteiger partial charge on any atom is -0.468 e. The summed E-state index contributed by atoms with van der Waals surface area (Å²) in [5, 5.41) is 7.89. The first-order valence-corrected chi connectivity index (χ1v) is 17.3. The van der Waals surface area contributed by atoms with Gasteiger partial charge in [0.25, 0.3) is 0 Å². The Kier molecular flexibility index (Phi) is 9.43. The second kappa shape index (κ2) is 13.4. The number of aromatic nitrogens is 3. The molecule has 3 heterocycles. The predicted molar refractivity (Wildman–Crippen MR) is 179 cm³/mol. The van der Waals surface area contributed by atoms with Crippen LogP contribution in [0.25, 0.3) is 5.65 Å². The number of imide groups is 1. The van der Waals surface area contributed by atoms with Crippen LogP contribution in [0.4, 0.5) is 9.59 Å². The second-order valence-corrected chi connectivity index (χ2v) is 15.3. The molecule has 3 aliphatic rings. The molecule has 2 atom stereocenters. The number of fused-ring (bicyclic) bond motifs is 1. The number of nitrogens with zero attached hydrogens (tertiary/aromatic N) is 4. The zero-order chi connectivity index (χ0) is 35.0. The summed E-state index contributed by atoms with van der Waals surface area (Å²) >= 11 is 0. The highest BCUT2D eigenvalue weighted by Crippen LogP contribution is 2.58. The number of amides is 3. The molecule has 1 aliphatic heterocycles. The Hall–Kier alpha value is -4.48. The Morgan fingerprint density at radius 3 is 2.41 bits per heavy atom. The Balaban J connectivity index is 1.27. The van der Waals surface area contributed by atoms with Crippen molar-refractivity contribution in [1.82, 2.24) is 24.8 Å². The Labute approximate surface area is 286 Å². The van der Waals surface area contributed by atoms with Gasteiger partial charge < -0.3 is 19.5 Å². The lowest BCUT2D eigenvalue weighted by Gasteiger charge is -2.43. The van der Waals surface area contributed by atoms with Gasteiger partial charge in [-0.3, -0.25) is 9.59 Å². The first kappa shape index (κ1) is 34.4. The third-order valence-corrected chi connectivity index (χ3v) is 10.2. The summed E-state index contributed by atoms with van der Waals surface area (Å²) in [6.07, 6.45) is 6.29. The summed E-state index contributed by atoms with van der Waals surface area (Å²) in [6, 6.07) is 12.7. The van der Waals surface area contributed by atoms with Gasteiger partial charge in [0, 0.05) is 13.0 Å². The maximum absolute atomic E-state index is 14.1. The molecule has 2 saturated carbocycles. The van der Waals surface area contributed by atoms with E-state index in [-0.39, 0.29) is 43.4 Å². The van der Waals surface area contributed by atoms with Gasteiger partial charge in [0.1, 0.15) is 12.2 Å². The van der Waals surface area contributed by atoms with E-state index in [1.807, 2.05) is 30.3 Å². The van der Waals surface area contributed by atoms with E-state index in [9.17, 15) is 19.2 Å². The standard InChI is InChI=1S/C37H47N5O7/c1-24-11-13-26(14-12-24)30(39-33(45)48-21-25-9-7-6-8-10-25)28-20-42-29(38-28)16-15-27(40-42)19-37(32(44)47-5)22-36(17-18-36)23-41(31(37)43)34(46)49-35(2,3)4/h6-10,15-16,20,24,26,30H,11-14,17-19,21-23H2,1-5H3,(H,39,45)/t24?,26?,30-,37?/m0/s1. The number of carbonyl (C=O) groups is 4. The quantitative estimate of drug-likeness (QED) is 0.169. The number of rotatable bonds is 8. The van der Waals surface area contributed by atoms with Crippen molar-refractivity contribution in [3.63, 3.8) is 0 Å². The van der Waals surface area contributed by atoms with E-state index in [0.29, 0.717) is 23.0 Å². The maximum atomic E-state index is 14.1. The number of carbonyl (C=O) groups excluding carboxylic acids is 4. The third-order valence-electron chi connectivity index (χ3n) is 10.2. The molecule has 1 saturated heterocycles. The van der Waals surface area contributed by atoms with Gasteiger partial charge in [-0.25, -0.2) is 24.0 Å². The number of alkyl carbamates (subject to hydrolysis) is 1. The number of hydrogen-bond acceptors (Lipinski definition) is 9. The Morgan fingerprint density at radius 2 is 1.76 bits per heavy atom. The minimum atomic E-state index is -1.64. The molecule has 12 heteroatoms. The van der Waals surface area contributed by atoms with Crippen molar-refractivity contribution < 1.29 is 33.4 Å². The van der Waals surface area contributed by atoms with Crippen molar-refractivity contribution >= 4 is 29.7 Å². The molecule has 12 nitrogen and oxygen atoms in total. The predicted octanol–water partition coefficient (Wildman–Crippen LogP) is 6.17. The average Bonchev–Trinajstić information content (AvgIpc) is 3.68. The SMILES string of the molecule is COC(=O)C1(Cc2ccc3nc([C@@H](NC(=O)OCc4ccccc4)C4CCC(C)CC4)cn3n2)CC2(CC2)CN(C(=O)OC(C)(C)C)C1=O. The van der Waals surface area contributed by atoms with E-state index in [4.69, 9.17) is 24.3 Å². The highest BCUT2D eigenvalue weighted by molar-refractivity contribution is 6.08. The molecule has 1 spiro atoms. The largest absolute Gasteiger partial charge is 0.468 e. The molecule has 6 rings (SSSR count). The summed E-state index contributed by atoms with van der Waals surface area (Å²) in [5.41, 5.74) is -0.240. The van der Waals surface area contributed by atoms with Crippen molar-refractivity contribution in [3.8, 4) is 0 Å². The number of benzene rings is 1. The number of nitrogens with one attached hydrogen (secondary N) is 1. The fourth-order valence-electron chi connectivity index (χ4n) is 7.42. The van der Waals surface area contributed by atoms with E-state index < -0.39 is 35.1 Å². The zero-order valence-corrected chi connectivity index (χ0v) is 29.1. The van der Waals surface area contributed by atoms with Crippen LogP contribution < -0.4 is 5.32 Å². The van der Waals surface area contributed by atoms with E-state index in [1.54, 1.807) is 43.6 Å². The lowest BCUT2D eigenvalue weighted by molar-refractivity contribution is -0.169. The number of esters is 1. The Bertz CT molecular complexity index is 1700. The lowest BCUT2D eigenvalue weighted by atomic mass is 9.70. The molecule has 2 aliphatic carbocycles. The van der Waals surface area contributed by atoms with Gasteiger partial charge in [0.05, 0.1) is 30.7 Å². The summed E-state index contributed by atoms with van der Waals surface area (Å²) in [7, 11) is 1.26. The van der Waals surface area contributed by atoms with Crippen LogP contribution >= 0.6 is 0 Å². The molecule has 49 heavy (non-hydrogen) atoms. The van der Waals surface area contributed by atoms with Crippen molar-refractivity contribution in [2.75, 3.05) is 13.7 Å². The average molecular weight is 674 g/mol. The number of likely N-dealkylation sites (tertiary alicyclic amines) is 1. The molecular formula is C37H47N5O7. The van der Waals surface area contributed by atoms with Crippen LogP contribution in [-0.4, -0.2) is 62.8 Å². The third kappa shape index (κ3) is 7.58. The molecule has 2 aromatic heterocycles. The molecule has 3 aromatic rings. The summed E-state index contributed by atoms with van der Waals surface area (Å²) in [6.45, 7) is 7.82. The van der Waals surface area contributed by atoms with Gasteiger partial charge in [-0.15, -0.1) is 0 Å². The fraction of sp³-hybridized carbons (Fsp3) is 0.568. The van der Waals surface area contributed by atoms with E-state index in [2.05, 4.69) is 12.2 Å². The van der Waals surface area contributed by atoms with Crippen LogP contribution in [0.2, 0.25) is 0 Å². The van der Waals surface area contributed by atoms with Crippen LogP contribution in [0.3, 0.4) is 0 Å². The topological polar surface area (TPSA) is 141 Å². The van der Waals surface area contributed by atoms with Crippen LogP contribution in [0, 0.1) is 22.7 Å². The van der Waals surface area contributed by atoms with Crippen LogP contribution in [0.5, 0.6) is 0 Å². The van der Waals surface area contributed by atoms with Crippen molar-refractivity contribution in [2.24, 2.45) is 22.7 Å². The van der Waals surface area contributed by atoms with Gasteiger partial charge in [-0.05, 0) is 87.8 Å². The molecule has 1 N–H and O–H groups in total. The molecule has 3 amide bonds. The van der Waals surface area contributed by atoms with Crippen molar-refractivity contribution in [3.05, 3.63) is 65.6 Å². The van der Waals surface area contributed by atoms with E-state index in [1.165, 1.54) is 7.11 Å². The number of imidazole rings is 1. The van der Waals surface area contributed by atoms with Crippen molar-refractivity contribution in [2.45, 2.75) is 97.3 Å². The van der Waals surface area contributed by atoms with Gasteiger partial charge in [-0.1, -0.05) is 50.1 Å². The Morgan fingerprint density at radius 1 is 1.04 bits per heavy atom. The van der Waals surface area contributed by atoms with Crippen molar-refractivity contribution in [1.29, 1.82) is 0 Å². The summed E-state index contributed by atoms with van der Waals surface area (Å²) in [5.74, 6) is -0.544. The zero-order valence-electron chi connectivity index (χ0n) is 29.1. The number of ether oxygens (including phenoxy) is 3. The number of piperidine rings is 1. The van der Waals surface area contributed by atoms with Crippen LogP contribution in [0.1, 0.15) is 95.6 Å².